The van der Waals surface area contributed by atoms with Crippen molar-refractivity contribution in [3.63, 3.8) is 0 Å². The Labute approximate surface area is 120 Å². The van der Waals surface area contributed by atoms with Crippen molar-refractivity contribution in [1.29, 1.82) is 0 Å². The second-order valence-corrected chi connectivity index (χ2v) is 7.07. The molecule has 0 bridgehead atoms. The lowest BCUT2D eigenvalue weighted by Crippen LogP contribution is -2.74. The molecule has 0 heterocycles. The lowest BCUT2D eigenvalue weighted by Gasteiger charge is -2.40. The first-order valence-electron chi connectivity index (χ1n) is 6.45. The monoisotopic (exact) mass is 306 g/mol. The fourth-order valence-electron chi connectivity index (χ4n) is 2.74. The quantitative estimate of drug-likeness (QED) is 0.882. The van der Waals surface area contributed by atoms with Crippen LogP contribution in [0, 0.1) is 0 Å². The maximum Gasteiger partial charge on any atom is 0.397 e. The summed E-state index contributed by atoms with van der Waals surface area (Å²) >= 11 is 0.932. The summed E-state index contributed by atoms with van der Waals surface area (Å²) in [5.41, 5.74) is 5.73. The van der Waals surface area contributed by atoms with Gasteiger partial charge in [-0.15, -0.1) is 11.8 Å². The molecule has 0 saturated heterocycles. The van der Waals surface area contributed by atoms with Crippen molar-refractivity contribution in [2.24, 2.45) is 0 Å². The lowest BCUT2D eigenvalue weighted by molar-refractivity contribution is -0.435. The third-order valence-corrected chi connectivity index (χ3v) is 5.46. The Balaban J connectivity index is 2.27. The minimum Gasteiger partial charge on any atom is -0.508 e. The number of rotatable bonds is 2. The summed E-state index contributed by atoms with van der Waals surface area (Å²) in [6.07, 6.45) is -3.59. The molecule has 6 heteroatoms. The second kappa shape index (κ2) is 5.15. The van der Waals surface area contributed by atoms with E-state index in [0.717, 1.165) is 22.9 Å². The normalized spacial score (nSPS) is 25.3. The molecule has 1 aromatic rings. The van der Waals surface area contributed by atoms with Gasteiger partial charge in [-0.3, -0.25) is 0 Å². The number of halogens is 3. The van der Waals surface area contributed by atoms with Gasteiger partial charge in [0, 0.05) is 5.41 Å². The van der Waals surface area contributed by atoms with Crippen LogP contribution in [0.3, 0.4) is 0 Å². The summed E-state index contributed by atoms with van der Waals surface area (Å²) in [4.78, 5) is 0. The first-order chi connectivity index (χ1) is 9.11. The van der Waals surface area contributed by atoms with Crippen molar-refractivity contribution >= 4 is 11.8 Å². The number of hydrogen-bond donors (Lipinski definition) is 2. The zero-order valence-electron chi connectivity index (χ0n) is 11.5. The second-order valence-electron chi connectivity index (χ2n) is 5.84. The van der Waals surface area contributed by atoms with Gasteiger partial charge >= 0.3 is 6.18 Å². The summed E-state index contributed by atoms with van der Waals surface area (Å²) in [6, 6.07) is 4.96. The van der Waals surface area contributed by atoms with E-state index >= 15 is 0 Å². The highest BCUT2D eigenvalue weighted by Gasteiger charge is 2.44. The number of quaternary nitrogens is 1. The zero-order valence-corrected chi connectivity index (χ0v) is 12.3. The van der Waals surface area contributed by atoms with E-state index < -0.39 is 11.9 Å². The molecule has 1 aliphatic rings. The highest BCUT2D eigenvalue weighted by molar-refractivity contribution is 8.00. The van der Waals surface area contributed by atoms with E-state index in [1.165, 1.54) is 0 Å². The van der Waals surface area contributed by atoms with Crippen LogP contribution in [0.2, 0.25) is 0 Å². The molecule has 0 aliphatic heterocycles. The Morgan fingerprint density at radius 2 is 2.05 bits per heavy atom. The molecular formula is C14H19F3NOS+. The molecule has 0 amide bonds. The third-order valence-electron chi connectivity index (χ3n) is 4.05. The van der Waals surface area contributed by atoms with E-state index in [-0.39, 0.29) is 22.5 Å². The molecule has 1 aliphatic carbocycles. The first-order valence-corrected chi connectivity index (χ1v) is 7.50. The number of benzene rings is 1. The average molecular weight is 306 g/mol. The molecule has 0 radical (unpaired) electrons. The van der Waals surface area contributed by atoms with Crippen molar-refractivity contribution in [2.45, 2.75) is 43.2 Å². The average Bonchev–Trinajstić information content (AvgIpc) is 2.32. The van der Waals surface area contributed by atoms with Crippen molar-refractivity contribution < 1.29 is 24.0 Å². The Hall–Kier alpha value is -0.880. The molecule has 0 saturated carbocycles. The number of hydrogen-bond acceptors (Lipinski definition) is 2. The molecule has 0 fully saturated rings. The molecule has 2 nitrogen and oxygen atoms in total. The van der Waals surface area contributed by atoms with E-state index in [9.17, 15) is 18.3 Å². The van der Waals surface area contributed by atoms with Gasteiger partial charge < -0.3 is 10.8 Å². The van der Waals surface area contributed by atoms with Crippen LogP contribution in [0.4, 0.5) is 13.2 Å². The van der Waals surface area contributed by atoms with E-state index in [4.69, 9.17) is 0 Å². The molecule has 20 heavy (non-hydrogen) atoms. The van der Waals surface area contributed by atoms with E-state index in [2.05, 4.69) is 5.73 Å². The minimum atomic E-state index is -4.15. The van der Waals surface area contributed by atoms with Gasteiger partial charge in [0.15, 0.2) is 0 Å². The topological polar surface area (TPSA) is 47.9 Å². The molecule has 0 aromatic heterocycles. The van der Waals surface area contributed by atoms with Crippen LogP contribution in [-0.4, -0.2) is 28.3 Å². The summed E-state index contributed by atoms with van der Waals surface area (Å²) in [5.74, 6) is -0.655. The first kappa shape index (κ1) is 15.5. The molecule has 2 unspecified atom stereocenters. The molecule has 0 spiro atoms. The van der Waals surface area contributed by atoms with E-state index in [1.54, 1.807) is 18.2 Å². The number of aromatic hydroxyl groups is 1. The largest absolute Gasteiger partial charge is 0.508 e. The van der Waals surface area contributed by atoms with Crippen LogP contribution in [0.5, 0.6) is 5.75 Å². The molecule has 4 N–H and O–H groups in total. The van der Waals surface area contributed by atoms with Crippen molar-refractivity contribution in [2.75, 3.05) is 5.75 Å². The van der Waals surface area contributed by atoms with Gasteiger partial charge in [-0.2, -0.15) is 13.2 Å². The van der Waals surface area contributed by atoms with Crippen LogP contribution in [0.25, 0.3) is 0 Å². The lowest BCUT2D eigenvalue weighted by atomic mass is 9.69. The Bertz CT molecular complexity index is 502. The van der Waals surface area contributed by atoms with Gasteiger partial charge in [0.25, 0.3) is 0 Å². The van der Waals surface area contributed by atoms with Crippen LogP contribution < -0.4 is 5.73 Å². The van der Waals surface area contributed by atoms with E-state index in [1.807, 2.05) is 13.8 Å². The number of phenolic OH excluding ortho intramolecular Hbond substituents is 1. The summed E-state index contributed by atoms with van der Waals surface area (Å²) in [7, 11) is 0. The number of fused-ring (bicyclic) bond motifs is 1. The van der Waals surface area contributed by atoms with Crippen LogP contribution in [0.15, 0.2) is 18.2 Å². The Morgan fingerprint density at radius 3 is 2.65 bits per heavy atom. The third kappa shape index (κ3) is 3.06. The van der Waals surface area contributed by atoms with Crippen LogP contribution in [-0.2, 0) is 11.8 Å². The van der Waals surface area contributed by atoms with Crippen molar-refractivity contribution in [1.82, 2.24) is 0 Å². The zero-order chi connectivity index (χ0) is 15.1. The number of phenols is 1. The summed E-state index contributed by atoms with van der Waals surface area (Å²) in [5, 5.41) is 9.45. The van der Waals surface area contributed by atoms with Crippen molar-refractivity contribution in [3.8, 4) is 5.75 Å². The predicted molar refractivity (Wildman–Crippen MR) is 73.8 cm³/mol. The fraction of sp³-hybridized carbons (Fsp3) is 0.571. The predicted octanol–water partition coefficient (Wildman–Crippen LogP) is 2.50. The Kier molecular flexibility index (Phi) is 3.99. The van der Waals surface area contributed by atoms with Gasteiger partial charge in [-0.05, 0) is 29.7 Å². The minimum absolute atomic E-state index is 0.135. The molecular weight excluding hydrogens is 287 g/mol. The van der Waals surface area contributed by atoms with Gasteiger partial charge in [-0.25, -0.2) is 0 Å². The summed E-state index contributed by atoms with van der Waals surface area (Å²) in [6.45, 7) is 3.95. The number of alkyl halides is 3. The molecule has 2 atom stereocenters. The van der Waals surface area contributed by atoms with Gasteiger partial charge in [0.05, 0.1) is 11.0 Å². The maximum absolute atomic E-state index is 12.4. The van der Waals surface area contributed by atoms with Gasteiger partial charge in [-0.1, -0.05) is 19.9 Å². The summed E-state index contributed by atoms with van der Waals surface area (Å²) < 4.78 is 37.2. The van der Waals surface area contributed by atoms with Crippen LogP contribution >= 0.6 is 11.8 Å². The highest BCUT2D eigenvalue weighted by Crippen LogP contribution is 2.41. The standard InChI is InChI=1S/C14H18F3NOS/c1-13(2)10-6-9(19)4-3-8(10)5-11(12(13)18)20-7-14(15,16)17/h3-4,6,11-12,19H,5,7,18H2,1-2H3/p+1. The molecule has 2 rings (SSSR count). The maximum atomic E-state index is 12.4. The number of thioether (sulfide) groups is 1. The van der Waals surface area contributed by atoms with Crippen molar-refractivity contribution in [3.05, 3.63) is 29.3 Å². The fourth-order valence-corrected chi connectivity index (χ4v) is 4.02. The van der Waals surface area contributed by atoms with Gasteiger partial charge in [0.2, 0.25) is 0 Å². The SMILES string of the molecule is CC1(C)c2cc(O)ccc2CC(SCC(F)(F)F)C1[NH3+]. The highest BCUT2D eigenvalue weighted by atomic mass is 32.2. The molecule has 1 aromatic carbocycles. The smallest absolute Gasteiger partial charge is 0.397 e. The van der Waals surface area contributed by atoms with Gasteiger partial charge in [0.1, 0.15) is 11.8 Å². The molecule has 112 valence electrons. The van der Waals surface area contributed by atoms with E-state index in [0.29, 0.717) is 6.42 Å². The Morgan fingerprint density at radius 1 is 1.40 bits per heavy atom. The van der Waals surface area contributed by atoms with Crippen LogP contribution in [0.1, 0.15) is 25.0 Å².